The fourth-order valence-electron chi connectivity index (χ4n) is 4.81. The third-order valence-corrected chi connectivity index (χ3v) is 7.34. The van der Waals surface area contributed by atoms with E-state index in [0.29, 0.717) is 11.1 Å². The van der Waals surface area contributed by atoms with Crippen LogP contribution < -0.4 is 11.1 Å². The van der Waals surface area contributed by atoms with Gasteiger partial charge in [0.2, 0.25) is 0 Å². The molecule has 5 atom stereocenters. The highest BCUT2D eigenvalue weighted by atomic mass is 16.6. The highest BCUT2D eigenvalue weighted by Gasteiger charge is 2.29. The van der Waals surface area contributed by atoms with Gasteiger partial charge in [-0.3, -0.25) is 4.79 Å². The first kappa shape index (κ1) is 33.2. The summed E-state index contributed by atoms with van der Waals surface area (Å²) in [5.74, 6) is -2.21. The second-order valence-electron chi connectivity index (χ2n) is 10.6. The molecule has 1 aliphatic rings. The number of aliphatic hydroxyl groups excluding tert-OH is 1. The number of nitrogen functional groups attached to an aromatic ring is 1. The highest BCUT2D eigenvalue weighted by Crippen LogP contribution is 2.40. The molecular formula is C32H41N3O8. The smallest absolute Gasteiger partial charge is 0.355 e. The molecule has 11 nitrogen and oxygen atoms in total. The van der Waals surface area contributed by atoms with Crippen molar-refractivity contribution in [3.63, 3.8) is 0 Å². The van der Waals surface area contributed by atoms with E-state index in [4.69, 9.17) is 19.9 Å². The van der Waals surface area contributed by atoms with Crippen LogP contribution in [0.25, 0.3) is 6.08 Å². The molecule has 11 heteroatoms. The summed E-state index contributed by atoms with van der Waals surface area (Å²) in [6, 6.07) is 4.45. The average molecular weight is 596 g/mol. The molecule has 43 heavy (non-hydrogen) atoms. The van der Waals surface area contributed by atoms with Crippen LogP contribution in [0.5, 0.6) is 11.5 Å². The topological polar surface area (TPSA) is 176 Å². The quantitative estimate of drug-likeness (QED) is 0.0980. The minimum atomic E-state index is -0.975. The lowest BCUT2D eigenvalue weighted by atomic mass is 9.91. The van der Waals surface area contributed by atoms with Crippen molar-refractivity contribution in [2.75, 3.05) is 25.3 Å². The van der Waals surface area contributed by atoms with Crippen molar-refractivity contribution in [1.29, 1.82) is 0 Å². The summed E-state index contributed by atoms with van der Waals surface area (Å²) in [6.07, 6.45) is 6.75. The average Bonchev–Trinajstić information content (AvgIpc) is 3.52. The number of hydrogen-bond acceptors (Lipinski definition) is 9. The van der Waals surface area contributed by atoms with Crippen LogP contribution in [0.2, 0.25) is 0 Å². The summed E-state index contributed by atoms with van der Waals surface area (Å²) in [5.41, 5.74) is 7.94. The zero-order valence-corrected chi connectivity index (χ0v) is 25.3. The van der Waals surface area contributed by atoms with Crippen LogP contribution in [-0.4, -0.2) is 70.8 Å². The molecule has 0 saturated heterocycles. The molecule has 3 rings (SSSR count). The molecule has 1 amide bonds. The second-order valence-corrected chi connectivity index (χ2v) is 10.6. The molecule has 2 heterocycles. The number of fused-ring (bicyclic) bond motifs is 2. The number of methoxy groups -OCH3 is 2. The number of esters is 1. The van der Waals surface area contributed by atoms with E-state index >= 15 is 0 Å². The summed E-state index contributed by atoms with van der Waals surface area (Å²) in [4.78, 5) is 28.7. The lowest BCUT2D eigenvalue weighted by Gasteiger charge is -2.28. The van der Waals surface area contributed by atoms with Gasteiger partial charge in [-0.15, -0.1) is 0 Å². The van der Waals surface area contributed by atoms with Gasteiger partial charge in [-0.1, -0.05) is 36.8 Å². The number of allylic oxidation sites excluding steroid dienone is 2. The monoisotopic (exact) mass is 595 g/mol. The largest absolute Gasteiger partial charge is 0.506 e. The van der Waals surface area contributed by atoms with Crippen LogP contribution in [0.3, 0.4) is 0 Å². The number of phenols is 2. The van der Waals surface area contributed by atoms with Gasteiger partial charge in [-0.25, -0.2) is 4.79 Å². The van der Waals surface area contributed by atoms with E-state index in [9.17, 15) is 24.9 Å². The number of aromatic amines is 1. The Morgan fingerprint density at radius 2 is 1.86 bits per heavy atom. The van der Waals surface area contributed by atoms with E-state index in [-0.39, 0.29) is 46.1 Å². The number of hydrogen-bond donors (Lipinski definition) is 6. The molecule has 0 aliphatic carbocycles. The van der Waals surface area contributed by atoms with Crippen molar-refractivity contribution >= 4 is 29.3 Å². The number of anilines is 2. The van der Waals surface area contributed by atoms with Gasteiger partial charge in [0, 0.05) is 43.5 Å². The van der Waals surface area contributed by atoms with Crippen molar-refractivity contribution in [3.05, 3.63) is 76.7 Å². The number of phenolic OH excluding ortho intramolecular Hbond substituents is 2. The summed E-state index contributed by atoms with van der Waals surface area (Å²) in [7, 11) is 2.95. The fourth-order valence-corrected chi connectivity index (χ4v) is 4.81. The number of H-pyrrole nitrogens is 1. The molecule has 1 aromatic heterocycles. The van der Waals surface area contributed by atoms with Crippen LogP contribution in [0.4, 0.5) is 11.4 Å². The lowest BCUT2D eigenvalue weighted by molar-refractivity contribution is -0.112. The third-order valence-electron chi connectivity index (χ3n) is 7.34. The van der Waals surface area contributed by atoms with Crippen molar-refractivity contribution in [1.82, 2.24) is 4.98 Å². The number of nitrogens with two attached hydrogens (primary N) is 1. The molecule has 1 aromatic carbocycles. The van der Waals surface area contributed by atoms with Gasteiger partial charge in [0.15, 0.2) is 6.10 Å². The van der Waals surface area contributed by atoms with Crippen molar-refractivity contribution in [2.45, 2.75) is 58.5 Å². The van der Waals surface area contributed by atoms with Gasteiger partial charge in [-0.2, -0.15) is 0 Å². The standard InChI is InChI=1S/C32H41N3O8/c1-17-13-21-27(33)24(36)16-23(29(21)38)35-31(39)18(2)9-7-11-25(41-5)30(43-32(40)22-10-8-12-34-22)20(4)15-19(3)28(37)26(14-17)42-6/h7-13,15-16,19,25-26,28,30,34,36-38H,14,33H2,1-6H3,(H,35,39)/b11-7?,17-13-,18-9+,20-15+/t19-,25-,26-,28+,30-/m0/s1. The number of ether oxygens (including phenoxy) is 3. The maximum absolute atomic E-state index is 13.0. The Labute approximate surface area is 251 Å². The van der Waals surface area contributed by atoms with Gasteiger partial charge < -0.3 is 45.6 Å². The Morgan fingerprint density at radius 1 is 1.14 bits per heavy atom. The Bertz CT molecular complexity index is 1420. The first-order valence-electron chi connectivity index (χ1n) is 13.8. The van der Waals surface area contributed by atoms with Crippen LogP contribution in [-0.2, 0) is 19.0 Å². The molecule has 2 bridgehead atoms. The summed E-state index contributed by atoms with van der Waals surface area (Å²) in [6.45, 7) is 6.94. The maximum Gasteiger partial charge on any atom is 0.355 e. The molecule has 0 fully saturated rings. The van der Waals surface area contributed by atoms with Crippen molar-refractivity contribution in [3.8, 4) is 11.5 Å². The Balaban J connectivity index is 2.12. The molecule has 2 aromatic rings. The van der Waals surface area contributed by atoms with Crippen molar-refractivity contribution < 1.29 is 39.1 Å². The van der Waals surface area contributed by atoms with Gasteiger partial charge in [0.05, 0.1) is 23.6 Å². The van der Waals surface area contributed by atoms with Crippen LogP contribution in [0.15, 0.2) is 65.4 Å². The minimum absolute atomic E-state index is 0.0340. The third kappa shape index (κ3) is 8.16. The Morgan fingerprint density at radius 3 is 2.49 bits per heavy atom. The van der Waals surface area contributed by atoms with Gasteiger partial charge in [-0.05, 0) is 51.0 Å². The number of aromatic hydroxyl groups is 2. The summed E-state index contributed by atoms with van der Waals surface area (Å²) < 4.78 is 17.2. The van der Waals surface area contributed by atoms with Gasteiger partial charge in [0.25, 0.3) is 5.91 Å². The number of nitrogens with one attached hydrogen (secondary N) is 2. The molecular weight excluding hydrogens is 554 g/mol. The predicted molar refractivity (Wildman–Crippen MR) is 164 cm³/mol. The van der Waals surface area contributed by atoms with E-state index < -0.39 is 42.2 Å². The van der Waals surface area contributed by atoms with E-state index in [0.717, 1.165) is 0 Å². The zero-order valence-electron chi connectivity index (χ0n) is 25.3. The molecule has 0 unspecified atom stereocenters. The number of aromatic nitrogens is 1. The first-order chi connectivity index (χ1) is 20.4. The summed E-state index contributed by atoms with van der Waals surface area (Å²) >= 11 is 0. The molecule has 1 aliphatic heterocycles. The molecule has 0 spiro atoms. The normalized spacial score (nSPS) is 27.7. The first-order valence-corrected chi connectivity index (χ1v) is 13.8. The molecule has 0 radical (unpaired) electrons. The van der Waals surface area contributed by atoms with Crippen molar-refractivity contribution in [2.24, 2.45) is 5.92 Å². The van der Waals surface area contributed by atoms with E-state index in [1.807, 2.05) is 6.92 Å². The minimum Gasteiger partial charge on any atom is -0.506 e. The lowest BCUT2D eigenvalue weighted by Crippen LogP contribution is -2.35. The predicted octanol–water partition coefficient (Wildman–Crippen LogP) is 4.46. The Hall–Kier alpha value is -4.32. The molecule has 7 N–H and O–H groups in total. The van der Waals surface area contributed by atoms with E-state index in [1.165, 1.54) is 26.4 Å². The number of rotatable bonds is 4. The SMILES string of the molecule is CO[C@H]1C=C/C=C(\C)C(=O)Nc2cc(O)c(N)c(c2O)/C=C(/C)C[C@H](OC)[C@H](O)[C@@H](C)/C=C(\C)[C@@H]1OC(=O)c1ccc[nH]1. The molecule has 232 valence electrons. The highest BCUT2D eigenvalue weighted by molar-refractivity contribution is 6.05. The molecule has 0 saturated carbocycles. The summed E-state index contributed by atoms with van der Waals surface area (Å²) in [5, 5.41) is 35.3. The number of carbonyl (C=O) groups excluding carboxylic acids is 2. The number of aliphatic hydroxyl groups is 1. The van der Waals surface area contributed by atoms with Gasteiger partial charge in [0.1, 0.15) is 23.3 Å². The number of carbonyl (C=O) groups is 2. The van der Waals surface area contributed by atoms with E-state index in [2.05, 4.69) is 10.3 Å². The fraction of sp³-hybridized carbons (Fsp3) is 0.375. The van der Waals surface area contributed by atoms with Crippen LogP contribution >= 0.6 is 0 Å². The Kier molecular flexibility index (Phi) is 11.4. The van der Waals surface area contributed by atoms with E-state index in [1.54, 1.807) is 63.4 Å². The maximum atomic E-state index is 13.0. The van der Waals surface area contributed by atoms with Crippen LogP contribution in [0.1, 0.15) is 50.2 Å². The zero-order chi connectivity index (χ0) is 31.8. The van der Waals surface area contributed by atoms with Gasteiger partial charge >= 0.3 is 5.97 Å². The van der Waals surface area contributed by atoms with Crippen LogP contribution in [0, 0.1) is 5.92 Å². The number of benzene rings is 1. The second kappa shape index (κ2) is 14.7. The number of amides is 1.